The number of nitrogens with zero attached hydrogens (tertiary/aromatic N) is 1. The number of Topliss-reactive ketones (excluding diaryl/α,β-unsaturated/α-hetero) is 1. The van der Waals surface area contributed by atoms with Crippen molar-refractivity contribution in [3.05, 3.63) is 34.9 Å². The van der Waals surface area contributed by atoms with Gasteiger partial charge in [0.1, 0.15) is 0 Å². The number of rotatable bonds is 6. The van der Waals surface area contributed by atoms with Gasteiger partial charge in [0.05, 0.1) is 5.02 Å². The highest BCUT2D eigenvalue weighted by Gasteiger charge is 2.11. The van der Waals surface area contributed by atoms with E-state index in [2.05, 4.69) is 18.7 Å². The van der Waals surface area contributed by atoms with Gasteiger partial charge in [-0.1, -0.05) is 37.6 Å². The van der Waals surface area contributed by atoms with Crippen LogP contribution in [0.2, 0.25) is 5.02 Å². The Balaban J connectivity index is 2.48. The molecule has 0 saturated heterocycles. The maximum atomic E-state index is 11.9. The van der Waals surface area contributed by atoms with Gasteiger partial charge in [0.25, 0.3) is 0 Å². The van der Waals surface area contributed by atoms with Crippen molar-refractivity contribution in [1.29, 1.82) is 0 Å². The fourth-order valence-electron chi connectivity index (χ4n) is 1.83. The molecule has 1 rings (SSSR count). The fraction of sp³-hybridized carbons (Fsp3) is 0.500. The van der Waals surface area contributed by atoms with Crippen molar-refractivity contribution in [1.82, 2.24) is 4.90 Å². The lowest BCUT2D eigenvalue weighted by molar-refractivity contribution is 0.0967. The van der Waals surface area contributed by atoms with Gasteiger partial charge < -0.3 is 4.90 Å². The van der Waals surface area contributed by atoms with Crippen LogP contribution in [0.4, 0.5) is 0 Å². The first kappa shape index (κ1) is 14.2. The van der Waals surface area contributed by atoms with Crippen LogP contribution in [-0.4, -0.2) is 30.8 Å². The standard InChI is InChI=1S/C14H20ClNO/c1-11(2)10-16(3)9-8-14(17)12-6-4-5-7-13(12)15/h4-7,11H,8-10H2,1-3H3. The Morgan fingerprint density at radius 1 is 1.35 bits per heavy atom. The predicted molar refractivity (Wildman–Crippen MR) is 72.7 cm³/mol. The molecule has 17 heavy (non-hydrogen) atoms. The van der Waals surface area contributed by atoms with Gasteiger partial charge in [-0.2, -0.15) is 0 Å². The van der Waals surface area contributed by atoms with E-state index in [9.17, 15) is 4.79 Å². The minimum absolute atomic E-state index is 0.117. The molecule has 0 fully saturated rings. The average Bonchev–Trinajstić information content (AvgIpc) is 2.25. The van der Waals surface area contributed by atoms with E-state index in [1.54, 1.807) is 12.1 Å². The van der Waals surface area contributed by atoms with Crippen molar-refractivity contribution in [3.63, 3.8) is 0 Å². The molecule has 0 aliphatic heterocycles. The summed E-state index contributed by atoms with van der Waals surface area (Å²) in [5.74, 6) is 0.738. The molecule has 0 spiro atoms. The Hall–Kier alpha value is -0.860. The van der Waals surface area contributed by atoms with E-state index in [1.165, 1.54) is 0 Å². The molecule has 1 aromatic carbocycles. The number of carbonyl (C=O) groups is 1. The van der Waals surface area contributed by atoms with Gasteiger partial charge in [-0.25, -0.2) is 0 Å². The van der Waals surface area contributed by atoms with E-state index < -0.39 is 0 Å². The summed E-state index contributed by atoms with van der Waals surface area (Å²) in [6, 6.07) is 7.22. The molecule has 0 aliphatic rings. The molecule has 0 amide bonds. The molecule has 0 N–H and O–H groups in total. The molecule has 94 valence electrons. The van der Waals surface area contributed by atoms with Gasteiger partial charge in [-0.15, -0.1) is 0 Å². The number of hydrogen-bond donors (Lipinski definition) is 0. The third kappa shape index (κ3) is 4.88. The van der Waals surface area contributed by atoms with Crippen LogP contribution in [0.1, 0.15) is 30.6 Å². The van der Waals surface area contributed by atoms with Crippen LogP contribution in [0.5, 0.6) is 0 Å². The second-order valence-electron chi connectivity index (χ2n) is 4.81. The molecule has 0 atom stereocenters. The van der Waals surface area contributed by atoms with Crippen LogP contribution in [0.3, 0.4) is 0 Å². The maximum Gasteiger partial charge on any atom is 0.165 e. The third-order valence-electron chi connectivity index (χ3n) is 2.57. The summed E-state index contributed by atoms with van der Waals surface area (Å²) in [6.45, 7) is 6.14. The Morgan fingerprint density at radius 2 is 2.00 bits per heavy atom. The molecule has 0 radical (unpaired) electrons. The third-order valence-corrected chi connectivity index (χ3v) is 2.90. The monoisotopic (exact) mass is 253 g/mol. The molecule has 0 heterocycles. The normalized spacial score (nSPS) is 11.2. The summed E-state index contributed by atoms with van der Waals surface area (Å²) >= 11 is 5.98. The van der Waals surface area contributed by atoms with Crippen molar-refractivity contribution >= 4 is 17.4 Å². The summed E-state index contributed by atoms with van der Waals surface area (Å²) in [5, 5.41) is 0.545. The number of halogens is 1. The number of hydrogen-bond acceptors (Lipinski definition) is 2. The maximum absolute atomic E-state index is 11.9. The van der Waals surface area contributed by atoms with Gasteiger partial charge in [0.2, 0.25) is 0 Å². The number of ketones is 1. The van der Waals surface area contributed by atoms with Crippen molar-refractivity contribution in [2.45, 2.75) is 20.3 Å². The molecule has 1 aromatic rings. The summed E-state index contributed by atoms with van der Waals surface area (Å²) in [5.41, 5.74) is 0.632. The van der Waals surface area contributed by atoms with Gasteiger partial charge in [0.15, 0.2) is 5.78 Å². The Kier molecular flexibility index (Phi) is 5.66. The fourth-order valence-corrected chi connectivity index (χ4v) is 2.07. The topological polar surface area (TPSA) is 20.3 Å². The second kappa shape index (κ2) is 6.77. The van der Waals surface area contributed by atoms with Crippen LogP contribution in [-0.2, 0) is 0 Å². The zero-order valence-electron chi connectivity index (χ0n) is 10.7. The van der Waals surface area contributed by atoms with Gasteiger partial charge in [-0.05, 0) is 25.1 Å². The molecule has 2 nitrogen and oxygen atoms in total. The van der Waals surface area contributed by atoms with E-state index in [0.717, 1.165) is 13.1 Å². The minimum atomic E-state index is 0.117. The van der Waals surface area contributed by atoms with Gasteiger partial charge in [0, 0.05) is 25.1 Å². The number of benzene rings is 1. The SMILES string of the molecule is CC(C)CN(C)CCC(=O)c1ccccc1Cl. The zero-order chi connectivity index (χ0) is 12.8. The average molecular weight is 254 g/mol. The summed E-state index contributed by atoms with van der Waals surface area (Å²) in [7, 11) is 2.04. The molecular formula is C14H20ClNO. The largest absolute Gasteiger partial charge is 0.306 e. The lowest BCUT2D eigenvalue weighted by atomic mass is 10.1. The smallest absolute Gasteiger partial charge is 0.165 e. The molecule has 0 saturated carbocycles. The highest BCUT2D eigenvalue weighted by atomic mass is 35.5. The first-order valence-electron chi connectivity index (χ1n) is 5.97. The Labute approximate surface area is 109 Å². The lowest BCUT2D eigenvalue weighted by Gasteiger charge is -2.18. The quantitative estimate of drug-likeness (QED) is 0.724. The van der Waals surface area contributed by atoms with Crippen molar-refractivity contribution in [2.75, 3.05) is 20.1 Å². The van der Waals surface area contributed by atoms with Crippen LogP contribution in [0, 0.1) is 5.92 Å². The van der Waals surface area contributed by atoms with E-state index in [4.69, 9.17) is 11.6 Å². The van der Waals surface area contributed by atoms with Crippen molar-refractivity contribution < 1.29 is 4.79 Å². The predicted octanol–water partition coefficient (Wildman–Crippen LogP) is 3.50. The van der Waals surface area contributed by atoms with Crippen LogP contribution in [0.25, 0.3) is 0 Å². The lowest BCUT2D eigenvalue weighted by Crippen LogP contribution is -2.26. The molecule has 0 aromatic heterocycles. The summed E-state index contributed by atoms with van der Waals surface area (Å²) < 4.78 is 0. The molecule has 0 aliphatic carbocycles. The summed E-state index contributed by atoms with van der Waals surface area (Å²) in [4.78, 5) is 14.1. The minimum Gasteiger partial charge on any atom is -0.306 e. The van der Waals surface area contributed by atoms with Gasteiger partial charge >= 0.3 is 0 Å². The first-order chi connectivity index (χ1) is 8.00. The van der Waals surface area contributed by atoms with Gasteiger partial charge in [-0.3, -0.25) is 4.79 Å². The molecule has 3 heteroatoms. The molecule has 0 bridgehead atoms. The Morgan fingerprint density at radius 3 is 2.59 bits per heavy atom. The zero-order valence-corrected chi connectivity index (χ0v) is 11.5. The van der Waals surface area contributed by atoms with Crippen molar-refractivity contribution in [2.24, 2.45) is 5.92 Å². The highest BCUT2D eigenvalue weighted by Crippen LogP contribution is 2.16. The van der Waals surface area contributed by atoms with E-state index >= 15 is 0 Å². The Bertz CT molecular complexity index is 376. The molecule has 0 unspecified atom stereocenters. The number of carbonyl (C=O) groups excluding carboxylic acids is 1. The van der Waals surface area contributed by atoms with E-state index in [1.807, 2.05) is 19.2 Å². The highest BCUT2D eigenvalue weighted by molar-refractivity contribution is 6.33. The van der Waals surface area contributed by atoms with Crippen LogP contribution >= 0.6 is 11.6 Å². The van der Waals surface area contributed by atoms with E-state index in [0.29, 0.717) is 22.9 Å². The molecular weight excluding hydrogens is 234 g/mol. The van der Waals surface area contributed by atoms with Crippen LogP contribution in [0.15, 0.2) is 24.3 Å². The van der Waals surface area contributed by atoms with E-state index in [-0.39, 0.29) is 5.78 Å². The second-order valence-corrected chi connectivity index (χ2v) is 5.22. The van der Waals surface area contributed by atoms with Crippen molar-refractivity contribution in [3.8, 4) is 0 Å². The van der Waals surface area contributed by atoms with Crippen LogP contribution < -0.4 is 0 Å². The first-order valence-corrected chi connectivity index (χ1v) is 6.34. The summed E-state index contributed by atoms with van der Waals surface area (Å²) in [6.07, 6.45) is 0.521.